The van der Waals surface area contributed by atoms with Crippen LogP contribution in [0.4, 0.5) is 0 Å². The molecule has 0 aliphatic rings. The number of aromatic nitrogens is 3. The molecule has 0 spiro atoms. The molecule has 2 aromatic heterocycles. The molecule has 0 aromatic carbocycles. The average molecular weight is 249 g/mol. The van der Waals surface area contributed by atoms with E-state index in [0.717, 1.165) is 5.69 Å². The van der Waals surface area contributed by atoms with Gasteiger partial charge in [-0.15, -0.1) is 11.3 Å². The summed E-state index contributed by atoms with van der Waals surface area (Å²) in [6, 6.07) is 0. The zero-order valence-corrected chi connectivity index (χ0v) is 10.3. The zero-order valence-electron chi connectivity index (χ0n) is 9.51. The number of rotatable bonds is 3. The number of aryl methyl sites for hydroxylation is 1. The molecule has 5 nitrogen and oxygen atoms in total. The minimum atomic E-state index is -0.352. The summed E-state index contributed by atoms with van der Waals surface area (Å²) in [6.45, 7) is 1.95. The molecule has 0 radical (unpaired) electrons. The first-order valence-electron chi connectivity index (χ1n) is 5.10. The molecule has 6 heteroatoms. The SMILES string of the molecule is CCc1nc(-c2cnccn2)sc1C(=O)OC. The molecule has 0 fully saturated rings. The molecule has 0 aliphatic heterocycles. The molecule has 2 heterocycles. The number of carbonyl (C=O) groups is 1. The summed E-state index contributed by atoms with van der Waals surface area (Å²) in [5.41, 5.74) is 1.41. The largest absolute Gasteiger partial charge is 0.465 e. The summed E-state index contributed by atoms with van der Waals surface area (Å²) in [5, 5.41) is 0.690. The maximum absolute atomic E-state index is 11.5. The van der Waals surface area contributed by atoms with Gasteiger partial charge in [0.1, 0.15) is 15.6 Å². The van der Waals surface area contributed by atoms with Crippen LogP contribution in [0.2, 0.25) is 0 Å². The van der Waals surface area contributed by atoms with E-state index in [-0.39, 0.29) is 5.97 Å². The Morgan fingerprint density at radius 1 is 1.47 bits per heavy atom. The highest BCUT2D eigenvalue weighted by molar-refractivity contribution is 7.17. The van der Waals surface area contributed by atoms with Crippen LogP contribution in [-0.4, -0.2) is 28.0 Å². The molecule has 0 unspecified atom stereocenters. The number of hydrogen-bond donors (Lipinski definition) is 0. The summed E-state index contributed by atoms with van der Waals surface area (Å²) < 4.78 is 4.72. The second kappa shape index (κ2) is 5.01. The highest BCUT2D eigenvalue weighted by atomic mass is 32.1. The Labute approximate surface area is 103 Å². The Bertz CT molecular complexity index is 525. The third kappa shape index (κ3) is 2.31. The number of esters is 1. The Hall–Kier alpha value is -1.82. The molecule has 0 N–H and O–H groups in total. The summed E-state index contributed by atoms with van der Waals surface area (Å²) in [7, 11) is 1.36. The van der Waals surface area contributed by atoms with Gasteiger partial charge in [-0.25, -0.2) is 9.78 Å². The topological polar surface area (TPSA) is 65.0 Å². The van der Waals surface area contributed by atoms with Crippen molar-refractivity contribution in [3.63, 3.8) is 0 Å². The lowest BCUT2D eigenvalue weighted by atomic mass is 10.3. The van der Waals surface area contributed by atoms with Gasteiger partial charge in [0.05, 0.1) is 19.0 Å². The van der Waals surface area contributed by atoms with Crippen molar-refractivity contribution in [2.75, 3.05) is 7.11 Å². The molecule has 2 rings (SSSR count). The first-order valence-corrected chi connectivity index (χ1v) is 5.92. The summed E-state index contributed by atoms with van der Waals surface area (Å²) in [6.07, 6.45) is 5.50. The van der Waals surface area contributed by atoms with Crippen molar-refractivity contribution >= 4 is 17.3 Å². The molecule has 0 atom stereocenters. The molecular weight excluding hydrogens is 238 g/mol. The average Bonchev–Trinajstić information content (AvgIpc) is 2.83. The van der Waals surface area contributed by atoms with Crippen LogP contribution in [0.3, 0.4) is 0 Å². The number of hydrogen-bond acceptors (Lipinski definition) is 6. The number of ether oxygens (including phenoxy) is 1. The molecule has 0 saturated carbocycles. The van der Waals surface area contributed by atoms with Gasteiger partial charge in [0, 0.05) is 12.4 Å². The van der Waals surface area contributed by atoms with Gasteiger partial charge in [-0.1, -0.05) is 6.92 Å². The lowest BCUT2D eigenvalue weighted by Gasteiger charge is -1.95. The van der Waals surface area contributed by atoms with Crippen LogP contribution in [0.25, 0.3) is 10.7 Å². The Balaban J connectivity index is 2.45. The van der Waals surface area contributed by atoms with Crippen molar-refractivity contribution in [1.29, 1.82) is 0 Å². The fourth-order valence-corrected chi connectivity index (χ4v) is 2.40. The predicted octanol–water partition coefficient (Wildman–Crippen LogP) is 1.95. The minimum Gasteiger partial charge on any atom is -0.465 e. The van der Waals surface area contributed by atoms with E-state index >= 15 is 0 Å². The van der Waals surface area contributed by atoms with E-state index in [1.54, 1.807) is 18.6 Å². The van der Waals surface area contributed by atoms with Crippen molar-refractivity contribution in [3.05, 3.63) is 29.2 Å². The summed E-state index contributed by atoms with van der Waals surface area (Å²) >= 11 is 1.28. The van der Waals surface area contributed by atoms with Crippen molar-refractivity contribution in [3.8, 4) is 10.7 Å². The van der Waals surface area contributed by atoms with Crippen LogP contribution in [0.15, 0.2) is 18.6 Å². The maximum Gasteiger partial charge on any atom is 0.349 e. The van der Waals surface area contributed by atoms with Crippen molar-refractivity contribution in [2.45, 2.75) is 13.3 Å². The first kappa shape index (κ1) is 11.7. The fraction of sp³-hybridized carbons (Fsp3) is 0.273. The monoisotopic (exact) mass is 249 g/mol. The maximum atomic E-state index is 11.5. The highest BCUT2D eigenvalue weighted by Crippen LogP contribution is 2.27. The van der Waals surface area contributed by atoms with E-state index in [1.165, 1.54) is 18.4 Å². The third-order valence-electron chi connectivity index (χ3n) is 2.19. The molecule has 0 aliphatic carbocycles. The van der Waals surface area contributed by atoms with Crippen LogP contribution in [0.5, 0.6) is 0 Å². The standard InChI is InChI=1S/C11H11N3O2S/c1-3-7-9(11(15)16-2)17-10(14-7)8-6-12-4-5-13-8/h4-6H,3H2,1-2H3. The Morgan fingerprint density at radius 3 is 2.88 bits per heavy atom. The fourth-order valence-electron chi connectivity index (χ4n) is 1.36. The van der Waals surface area contributed by atoms with Crippen molar-refractivity contribution < 1.29 is 9.53 Å². The van der Waals surface area contributed by atoms with Gasteiger partial charge in [-0.05, 0) is 6.42 Å². The quantitative estimate of drug-likeness (QED) is 0.778. The van der Waals surface area contributed by atoms with Crippen molar-refractivity contribution in [2.24, 2.45) is 0 Å². The van der Waals surface area contributed by atoms with Gasteiger partial charge in [0.15, 0.2) is 0 Å². The lowest BCUT2D eigenvalue weighted by molar-refractivity contribution is 0.0605. The van der Waals surface area contributed by atoms with Crippen LogP contribution >= 0.6 is 11.3 Å². The van der Waals surface area contributed by atoms with Crippen LogP contribution in [0.1, 0.15) is 22.3 Å². The van der Waals surface area contributed by atoms with Gasteiger partial charge in [0.25, 0.3) is 0 Å². The lowest BCUT2D eigenvalue weighted by Crippen LogP contribution is -2.01. The van der Waals surface area contributed by atoms with Gasteiger partial charge in [0.2, 0.25) is 0 Å². The van der Waals surface area contributed by atoms with E-state index in [1.807, 2.05) is 6.92 Å². The number of nitrogens with zero attached hydrogens (tertiary/aromatic N) is 3. The number of thiazole rings is 1. The zero-order chi connectivity index (χ0) is 12.3. The number of methoxy groups -OCH3 is 1. The molecule has 0 amide bonds. The second-order valence-electron chi connectivity index (χ2n) is 3.23. The van der Waals surface area contributed by atoms with E-state index in [4.69, 9.17) is 4.74 Å². The van der Waals surface area contributed by atoms with E-state index < -0.39 is 0 Å². The molecule has 0 saturated heterocycles. The Morgan fingerprint density at radius 2 is 2.29 bits per heavy atom. The molecule has 17 heavy (non-hydrogen) atoms. The van der Waals surface area contributed by atoms with E-state index in [9.17, 15) is 4.79 Å². The Kier molecular flexibility index (Phi) is 3.43. The molecule has 0 bridgehead atoms. The molecular formula is C11H11N3O2S. The van der Waals surface area contributed by atoms with Crippen molar-refractivity contribution in [1.82, 2.24) is 15.0 Å². The number of carbonyl (C=O) groups excluding carboxylic acids is 1. The minimum absolute atomic E-state index is 0.352. The summed E-state index contributed by atoms with van der Waals surface area (Å²) in [4.78, 5) is 24.6. The predicted molar refractivity (Wildman–Crippen MR) is 63.9 cm³/mol. The smallest absolute Gasteiger partial charge is 0.349 e. The molecule has 2 aromatic rings. The normalized spacial score (nSPS) is 10.2. The third-order valence-corrected chi connectivity index (χ3v) is 3.29. The van der Waals surface area contributed by atoms with Gasteiger partial charge in [-0.3, -0.25) is 9.97 Å². The first-order chi connectivity index (χ1) is 8.26. The van der Waals surface area contributed by atoms with Crippen LogP contribution in [-0.2, 0) is 11.2 Å². The molecule has 88 valence electrons. The second-order valence-corrected chi connectivity index (χ2v) is 4.23. The van der Waals surface area contributed by atoms with Gasteiger partial charge >= 0.3 is 5.97 Å². The van der Waals surface area contributed by atoms with Crippen LogP contribution in [0, 0.1) is 0 Å². The van der Waals surface area contributed by atoms with E-state index in [0.29, 0.717) is 22.0 Å². The van der Waals surface area contributed by atoms with Crippen LogP contribution < -0.4 is 0 Å². The highest BCUT2D eigenvalue weighted by Gasteiger charge is 2.18. The van der Waals surface area contributed by atoms with Gasteiger partial charge < -0.3 is 4.74 Å². The van der Waals surface area contributed by atoms with E-state index in [2.05, 4.69) is 15.0 Å². The summed E-state index contributed by atoms with van der Waals surface area (Å²) in [5.74, 6) is -0.352. The van der Waals surface area contributed by atoms with Gasteiger partial charge in [-0.2, -0.15) is 0 Å².